The molecule has 10 heteroatoms. The van der Waals surface area contributed by atoms with Gasteiger partial charge in [-0.2, -0.15) is 0 Å². The van der Waals surface area contributed by atoms with Crippen LogP contribution in [0.2, 0.25) is 0 Å². The van der Waals surface area contributed by atoms with E-state index in [1.165, 1.54) is 12.7 Å². The number of piperazine rings is 2. The number of carbonyl (C=O) groups excluding carboxylic acids is 2. The van der Waals surface area contributed by atoms with Crippen molar-refractivity contribution in [1.29, 1.82) is 0 Å². The van der Waals surface area contributed by atoms with Gasteiger partial charge in [0.1, 0.15) is 0 Å². The lowest BCUT2D eigenvalue weighted by molar-refractivity contribution is -0.139. The van der Waals surface area contributed by atoms with Crippen LogP contribution in [0.4, 0.5) is 0 Å². The summed E-state index contributed by atoms with van der Waals surface area (Å²) in [5, 5.41) is 3.46. The van der Waals surface area contributed by atoms with E-state index >= 15 is 0 Å². The molecule has 9 nitrogen and oxygen atoms in total. The SMILES string of the molecule is CN=C(NCCN1CCN(C(=O)C2CCC2)CC1)N1CCN(C(=O)c2ccco2)CC1.I. The Morgan fingerprint density at radius 3 is 2.25 bits per heavy atom. The Morgan fingerprint density at radius 1 is 1.03 bits per heavy atom. The van der Waals surface area contributed by atoms with Gasteiger partial charge in [-0.05, 0) is 25.0 Å². The molecule has 1 aromatic rings. The van der Waals surface area contributed by atoms with Crippen LogP contribution in [0.25, 0.3) is 0 Å². The second-order valence-electron chi connectivity index (χ2n) is 8.53. The number of halogens is 1. The molecule has 2 aliphatic heterocycles. The number of rotatable bonds is 5. The normalized spacial score (nSPS) is 20.5. The third-order valence-corrected chi connectivity index (χ3v) is 6.66. The van der Waals surface area contributed by atoms with Crippen molar-refractivity contribution in [1.82, 2.24) is 24.9 Å². The quantitative estimate of drug-likeness (QED) is 0.332. The number of aliphatic imine (C=N–C) groups is 1. The summed E-state index contributed by atoms with van der Waals surface area (Å²) in [6.07, 6.45) is 4.89. The van der Waals surface area contributed by atoms with Gasteiger partial charge in [-0.15, -0.1) is 24.0 Å². The van der Waals surface area contributed by atoms with Crippen LogP contribution < -0.4 is 5.32 Å². The lowest BCUT2D eigenvalue weighted by Crippen LogP contribution is -2.55. The Hall–Kier alpha value is -1.82. The summed E-state index contributed by atoms with van der Waals surface area (Å²) in [6.45, 7) is 8.09. The summed E-state index contributed by atoms with van der Waals surface area (Å²) in [5.74, 6) is 1.89. The standard InChI is InChI=1S/C22H34N6O3.HI/c1-23-22(28-15-13-27(14-16-28)21(30)19-6-3-17-31-19)24-7-8-25-9-11-26(12-10-25)20(29)18-4-2-5-18;/h3,6,17-18H,2,4-5,7-16H2,1H3,(H,23,24);1H. The summed E-state index contributed by atoms with van der Waals surface area (Å²) in [7, 11) is 1.80. The number of hydrogen-bond acceptors (Lipinski definition) is 5. The number of hydrogen-bond donors (Lipinski definition) is 1. The number of guanidine groups is 1. The summed E-state index contributed by atoms with van der Waals surface area (Å²) >= 11 is 0. The molecular formula is C22H35IN6O3. The molecule has 2 amide bonds. The minimum atomic E-state index is -0.0532. The Labute approximate surface area is 207 Å². The second-order valence-corrected chi connectivity index (χ2v) is 8.53. The van der Waals surface area contributed by atoms with E-state index in [2.05, 4.69) is 25.0 Å². The fourth-order valence-electron chi connectivity index (χ4n) is 4.44. The molecule has 4 rings (SSSR count). The highest BCUT2D eigenvalue weighted by Gasteiger charge is 2.31. The van der Waals surface area contributed by atoms with Crippen LogP contribution in [0.1, 0.15) is 29.8 Å². The third kappa shape index (κ3) is 5.94. The van der Waals surface area contributed by atoms with E-state index in [0.717, 1.165) is 71.2 Å². The van der Waals surface area contributed by atoms with Crippen LogP contribution in [0, 0.1) is 5.92 Å². The van der Waals surface area contributed by atoms with E-state index in [1.54, 1.807) is 19.2 Å². The van der Waals surface area contributed by atoms with Crippen molar-refractivity contribution in [3.63, 3.8) is 0 Å². The zero-order chi connectivity index (χ0) is 21.6. The number of nitrogens with zero attached hydrogens (tertiary/aromatic N) is 5. The van der Waals surface area contributed by atoms with Gasteiger partial charge >= 0.3 is 0 Å². The molecule has 0 radical (unpaired) electrons. The minimum absolute atomic E-state index is 0. The maximum absolute atomic E-state index is 12.4. The number of carbonyl (C=O) groups is 2. The highest BCUT2D eigenvalue weighted by molar-refractivity contribution is 14.0. The molecule has 3 aliphatic rings. The summed E-state index contributed by atoms with van der Waals surface area (Å²) in [4.78, 5) is 37.7. The average Bonchev–Trinajstić information content (AvgIpc) is 3.31. The summed E-state index contributed by atoms with van der Waals surface area (Å²) < 4.78 is 5.23. The predicted octanol–water partition coefficient (Wildman–Crippen LogP) is 1.18. The fraction of sp³-hybridized carbons (Fsp3) is 0.682. The molecule has 1 aliphatic carbocycles. The lowest BCUT2D eigenvalue weighted by atomic mass is 9.84. The minimum Gasteiger partial charge on any atom is -0.459 e. The topological polar surface area (TPSA) is 84.6 Å². The molecule has 3 heterocycles. The molecule has 178 valence electrons. The summed E-state index contributed by atoms with van der Waals surface area (Å²) in [5.41, 5.74) is 0. The molecule has 0 spiro atoms. The van der Waals surface area contributed by atoms with Crippen molar-refractivity contribution in [3.05, 3.63) is 24.2 Å². The number of amides is 2. The van der Waals surface area contributed by atoms with Crippen molar-refractivity contribution < 1.29 is 14.0 Å². The monoisotopic (exact) mass is 558 g/mol. The van der Waals surface area contributed by atoms with Crippen molar-refractivity contribution in [3.8, 4) is 0 Å². The molecule has 0 atom stereocenters. The molecule has 1 aromatic heterocycles. The Morgan fingerprint density at radius 2 is 1.69 bits per heavy atom. The van der Waals surface area contributed by atoms with E-state index in [-0.39, 0.29) is 29.9 Å². The van der Waals surface area contributed by atoms with E-state index in [4.69, 9.17) is 4.42 Å². The molecule has 32 heavy (non-hydrogen) atoms. The first-order valence-corrected chi connectivity index (χ1v) is 11.4. The van der Waals surface area contributed by atoms with Crippen molar-refractivity contribution in [2.75, 3.05) is 72.5 Å². The number of nitrogens with one attached hydrogen (secondary N) is 1. The van der Waals surface area contributed by atoms with E-state index in [0.29, 0.717) is 30.7 Å². The zero-order valence-corrected chi connectivity index (χ0v) is 21.2. The van der Waals surface area contributed by atoms with Crippen LogP contribution in [0.15, 0.2) is 27.8 Å². The van der Waals surface area contributed by atoms with Crippen LogP contribution in [-0.2, 0) is 4.79 Å². The van der Waals surface area contributed by atoms with Crippen LogP contribution in [-0.4, -0.2) is 110 Å². The predicted molar refractivity (Wildman–Crippen MR) is 133 cm³/mol. The van der Waals surface area contributed by atoms with Crippen LogP contribution >= 0.6 is 24.0 Å². The van der Waals surface area contributed by atoms with Crippen molar-refractivity contribution in [2.24, 2.45) is 10.9 Å². The largest absolute Gasteiger partial charge is 0.459 e. The first-order valence-electron chi connectivity index (χ1n) is 11.4. The van der Waals surface area contributed by atoms with Gasteiger partial charge in [0.2, 0.25) is 5.91 Å². The van der Waals surface area contributed by atoms with Crippen LogP contribution in [0.3, 0.4) is 0 Å². The highest BCUT2D eigenvalue weighted by atomic mass is 127. The van der Waals surface area contributed by atoms with Gasteiger partial charge in [-0.3, -0.25) is 19.5 Å². The zero-order valence-electron chi connectivity index (χ0n) is 18.9. The van der Waals surface area contributed by atoms with Gasteiger partial charge in [0, 0.05) is 78.4 Å². The first-order chi connectivity index (χ1) is 15.2. The van der Waals surface area contributed by atoms with Gasteiger partial charge in [-0.1, -0.05) is 6.42 Å². The Bertz CT molecular complexity index is 767. The molecule has 1 saturated carbocycles. The Balaban J connectivity index is 0.00000289. The van der Waals surface area contributed by atoms with Crippen molar-refractivity contribution >= 4 is 41.8 Å². The molecule has 0 bridgehead atoms. The van der Waals surface area contributed by atoms with E-state index in [1.807, 2.05) is 4.90 Å². The number of furan rings is 1. The molecule has 1 N–H and O–H groups in total. The van der Waals surface area contributed by atoms with E-state index < -0.39 is 0 Å². The molecule has 3 fully saturated rings. The van der Waals surface area contributed by atoms with Gasteiger partial charge in [0.25, 0.3) is 5.91 Å². The lowest BCUT2D eigenvalue weighted by Gasteiger charge is -2.38. The van der Waals surface area contributed by atoms with Gasteiger partial charge in [-0.25, -0.2) is 0 Å². The smallest absolute Gasteiger partial charge is 0.289 e. The summed E-state index contributed by atoms with van der Waals surface area (Å²) in [6, 6.07) is 3.44. The second kappa shape index (κ2) is 11.9. The maximum Gasteiger partial charge on any atom is 0.289 e. The van der Waals surface area contributed by atoms with Gasteiger partial charge in [0.05, 0.1) is 6.26 Å². The van der Waals surface area contributed by atoms with Crippen molar-refractivity contribution in [2.45, 2.75) is 19.3 Å². The first kappa shape index (κ1) is 24.8. The third-order valence-electron chi connectivity index (χ3n) is 6.66. The fourth-order valence-corrected chi connectivity index (χ4v) is 4.44. The molecule has 0 unspecified atom stereocenters. The Kier molecular flexibility index (Phi) is 9.21. The van der Waals surface area contributed by atoms with Crippen LogP contribution in [0.5, 0.6) is 0 Å². The maximum atomic E-state index is 12.4. The molecule has 0 aromatic carbocycles. The van der Waals surface area contributed by atoms with Gasteiger partial charge in [0.15, 0.2) is 11.7 Å². The van der Waals surface area contributed by atoms with E-state index in [9.17, 15) is 9.59 Å². The highest BCUT2D eigenvalue weighted by Crippen LogP contribution is 2.28. The molecular weight excluding hydrogens is 523 g/mol. The molecule has 2 saturated heterocycles. The van der Waals surface area contributed by atoms with Gasteiger partial charge < -0.3 is 24.4 Å². The average molecular weight is 558 g/mol.